The Kier molecular flexibility index (Phi) is 5.35. The molecule has 19 heavy (non-hydrogen) atoms. The van der Waals surface area contributed by atoms with Crippen LogP contribution < -0.4 is 5.32 Å². The quantitative estimate of drug-likeness (QED) is 0.570. The van der Waals surface area contributed by atoms with E-state index in [4.69, 9.17) is 9.47 Å². The van der Waals surface area contributed by atoms with E-state index >= 15 is 0 Å². The zero-order valence-corrected chi connectivity index (χ0v) is 12.3. The largest absolute Gasteiger partial charge is 0.444 e. The van der Waals surface area contributed by atoms with Crippen molar-refractivity contribution in [2.24, 2.45) is 5.92 Å². The highest BCUT2D eigenvalue weighted by Crippen LogP contribution is 2.42. The summed E-state index contributed by atoms with van der Waals surface area (Å²) in [5, 5.41) is 2.66. The monoisotopic (exact) mass is 271 g/mol. The van der Waals surface area contributed by atoms with Crippen LogP contribution >= 0.6 is 0 Å². The molecule has 1 rings (SSSR count). The molecule has 1 saturated carbocycles. The molecule has 0 heterocycles. The minimum Gasteiger partial charge on any atom is -0.444 e. The van der Waals surface area contributed by atoms with Crippen LogP contribution in [0.4, 0.5) is 4.79 Å². The number of ether oxygens (including phenoxy) is 2. The Morgan fingerprint density at radius 1 is 1.47 bits per heavy atom. The van der Waals surface area contributed by atoms with Crippen LogP contribution in [0.1, 0.15) is 47.0 Å². The molecule has 5 nitrogen and oxygen atoms in total. The molecule has 0 aromatic rings. The first-order valence-electron chi connectivity index (χ1n) is 6.88. The molecule has 1 aliphatic rings. The second-order valence-corrected chi connectivity index (χ2v) is 6.11. The summed E-state index contributed by atoms with van der Waals surface area (Å²) in [6, 6.07) is 0. The summed E-state index contributed by atoms with van der Waals surface area (Å²) < 4.78 is 10.6. The second kappa shape index (κ2) is 6.37. The number of carbonyl (C=O) groups is 2. The highest BCUT2D eigenvalue weighted by atomic mass is 16.6. The normalized spacial score (nSPS) is 25.8. The first kappa shape index (κ1) is 16.0. The maximum Gasteiger partial charge on any atom is 0.408 e. The van der Waals surface area contributed by atoms with Gasteiger partial charge in [0.15, 0.2) is 0 Å². The number of amides is 1. The van der Waals surface area contributed by atoms with Gasteiger partial charge in [0.2, 0.25) is 0 Å². The Labute approximate surface area is 115 Å². The lowest BCUT2D eigenvalue weighted by molar-refractivity contribution is -0.111. The number of hydrogen-bond donors (Lipinski definition) is 1. The molecular formula is C14H25NO4. The Balaban J connectivity index is 2.35. The number of hydrogen-bond acceptors (Lipinski definition) is 4. The standard InChI is InChI=1S/C14H25NO4/c1-5-6-7-18-9-11-8-14(11,10-16)15-12(17)19-13(2,3)4/h10-11H,5-9H2,1-4H3,(H,15,17)/t11-,14-/m0/s1. The minimum absolute atomic E-state index is 0.0642. The van der Waals surface area contributed by atoms with Crippen LogP contribution in [0.15, 0.2) is 0 Å². The van der Waals surface area contributed by atoms with Gasteiger partial charge >= 0.3 is 6.09 Å². The van der Waals surface area contributed by atoms with Gasteiger partial charge in [-0.3, -0.25) is 0 Å². The molecule has 1 N–H and O–H groups in total. The van der Waals surface area contributed by atoms with E-state index in [1.165, 1.54) is 0 Å². The molecule has 1 fully saturated rings. The van der Waals surface area contributed by atoms with E-state index in [1.54, 1.807) is 20.8 Å². The molecule has 110 valence electrons. The summed E-state index contributed by atoms with van der Waals surface area (Å²) in [4.78, 5) is 22.8. The fourth-order valence-electron chi connectivity index (χ4n) is 1.85. The number of unbranched alkanes of at least 4 members (excludes halogenated alkanes) is 1. The van der Waals surface area contributed by atoms with E-state index in [1.807, 2.05) is 0 Å². The first-order valence-corrected chi connectivity index (χ1v) is 6.88. The molecule has 2 atom stereocenters. The van der Waals surface area contributed by atoms with Crippen molar-refractivity contribution in [1.29, 1.82) is 0 Å². The van der Waals surface area contributed by atoms with Crippen molar-refractivity contribution in [2.75, 3.05) is 13.2 Å². The first-order chi connectivity index (χ1) is 8.83. The maximum atomic E-state index is 11.7. The average Bonchev–Trinajstić information content (AvgIpc) is 2.96. The summed E-state index contributed by atoms with van der Waals surface area (Å²) >= 11 is 0. The van der Waals surface area contributed by atoms with E-state index in [-0.39, 0.29) is 5.92 Å². The van der Waals surface area contributed by atoms with Gasteiger partial charge in [-0.25, -0.2) is 4.79 Å². The SMILES string of the molecule is CCCCOC[C@@H]1C[C@@]1(C=O)NC(=O)OC(C)(C)C. The lowest BCUT2D eigenvalue weighted by atomic mass is 10.2. The minimum atomic E-state index is -0.783. The second-order valence-electron chi connectivity index (χ2n) is 6.11. The van der Waals surface area contributed by atoms with Crippen molar-refractivity contribution in [3.8, 4) is 0 Å². The molecule has 0 unspecified atom stereocenters. The number of rotatable bonds is 7. The van der Waals surface area contributed by atoms with E-state index < -0.39 is 17.2 Å². The highest BCUT2D eigenvalue weighted by Gasteiger charge is 2.56. The Bertz CT molecular complexity index is 324. The molecule has 0 radical (unpaired) electrons. The predicted molar refractivity (Wildman–Crippen MR) is 72.0 cm³/mol. The van der Waals surface area contributed by atoms with Gasteiger partial charge in [0.05, 0.1) is 6.61 Å². The number of nitrogens with one attached hydrogen (secondary N) is 1. The van der Waals surface area contributed by atoms with Gasteiger partial charge in [-0.05, 0) is 33.6 Å². The van der Waals surface area contributed by atoms with E-state index in [0.29, 0.717) is 19.6 Å². The summed E-state index contributed by atoms with van der Waals surface area (Å²) in [7, 11) is 0. The van der Waals surface area contributed by atoms with E-state index in [9.17, 15) is 9.59 Å². The van der Waals surface area contributed by atoms with Crippen molar-refractivity contribution < 1.29 is 19.1 Å². The van der Waals surface area contributed by atoms with Crippen molar-refractivity contribution in [1.82, 2.24) is 5.32 Å². The topological polar surface area (TPSA) is 64.6 Å². The number of alkyl carbamates (subject to hydrolysis) is 1. The lowest BCUT2D eigenvalue weighted by Gasteiger charge is -2.21. The zero-order chi connectivity index (χ0) is 14.5. The maximum absolute atomic E-state index is 11.7. The molecule has 0 saturated heterocycles. The van der Waals surface area contributed by atoms with E-state index in [2.05, 4.69) is 12.2 Å². The fraction of sp³-hybridized carbons (Fsp3) is 0.857. The molecule has 0 aliphatic heterocycles. The van der Waals surface area contributed by atoms with Crippen molar-refractivity contribution in [2.45, 2.75) is 58.1 Å². The van der Waals surface area contributed by atoms with Gasteiger partial charge in [-0.2, -0.15) is 0 Å². The molecule has 0 aromatic heterocycles. The van der Waals surface area contributed by atoms with Gasteiger partial charge in [-0.1, -0.05) is 13.3 Å². The Morgan fingerprint density at radius 2 is 2.16 bits per heavy atom. The summed E-state index contributed by atoms with van der Waals surface area (Å²) in [5.41, 5.74) is -1.34. The smallest absolute Gasteiger partial charge is 0.408 e. The van der Waals surface area contributed by atoms with Crippen molar-refractivity contribution >= 4 is 12.4 Å². The van der Waals surface area contributed by atoms with Crippen LogP contribution in [-0.4, -0.2) is 36.7 Å². The fourth-order valence-corrected chi connectivity index (χ4v) is 1.85. The summed E-state index contributed by atoms with van der Waals surface area (Å²) in [5.74, 6) is 0.0642. The van der Waals surface area contributed by atoms with Gasteiger partial charge < -0.3 is 19.6 Å². The Hall–Kier alpha value is -1.10. The lowest BCUT2D eigenvalue weighted by Crippen LogP contribution is -2.43. The van der Waals surface area contributed by atoms with Gasteiger partial charge in [0, 0.05) is 12.5 Å². The van der Waals surface area contributed by atoms with Crippen molar-refractivity contribution in [3.05, 3.63) is 0 Å². The van der Waals surface area contributed by atoms with Crippen LogP contribution in [0.5, 0.6) is 0 Å². The summed E-state index contributed by atoms with van der Waals surface area (Å²) in [6.45, 7) is 8.68. The molecule has 0 aromatic carbocycles. The molecule has 1 amide bonds. The molecular weight excluding hydrogens is 246 g/mol. The van der Waals surface area contributed by atoms with Crippen LogP contribution in [0.25, 0.3) is 0 Å². The van der Waals surface area contributed by atoms with Gasteiger partial charge in [0.1, 0.15) is 17.4 Å². The number of carbonyl (C=O) groups excluding carboxylic acids is 2. The van der Waals surface area contributed by atoms with Crippen LogP contribution in [0, 0.1) is 5.92 Å². The Morgan fingerprint density at radius 3 is 2.68 bits per heavy atom. The molecule has 5 heteroatoms. The average molecular weight is 271 g/mol. The van der Waals surface area contributed by atoms with Gasteiger partial charge in [0.25, 0.3) is 0 Å². The van der Waals surface area contributed by atoms with Crippen LogP contribution in [0.3, 0.4) is 0 Å². The van der Waals surface area contributed by atoms with Crippen molar-refractivity contribution in [3.63, 3.8) is 0 Å². The predicted octanol–water partition coefficient (Wildman–Crippen LogP) is 2.29. The van der Waals surface area contributed by atoms with E-state index in [0.717, 1.165) is 19.1 Å². The third kappa shape index (κ3) is 5.19. The van der Waals surface area contributed by atoms with Crippen LogP contribution in [-0.2, 0) is 14.3 Å². The molecule has 0 spiro atoms. The molecule has 1 aliphatic carbocycles. The van der Waals surface area contributed by atoms with Gasteiger partial charge in [-0.15, -0.1) is 0 Å². The zero-order valence-electron chi connectivity index (χ0n) is 12.3. The number of aldehydes is 1. The third-order valence-corrected chi connectivity index (χ3v) is 3.06. The third-order valence-electron chi connectivity index (χ3n) is 3.06. The van der Waals surface area contributed by atoms with Crippen LogP contribution in [0.2, 0.25) is 0 Å². The summed E-state index contributed by atoms with van der Waals surface area (Å²) in [6.07, 6.45) is 2.97. The molecule has 0 bridgehead atoms. The highest BCUT2D eigenvalue weighted by molar-refractivity contribution is 5.80.